The first-order valence-electron chi connectivity index (χ1n) is 5.76. The molecule has 0 aliphatic heterocycles. The van der Waals surface area contributed by atoms with E-state index in [9.17, 15) is 0 Å². The predicted molar refractivity (Wildman–Crippen MR) is 85.1 cm³/mol. The van der Waals surface area contributed by atoms with Gasteiger partial charge in [-0.3, -0.25) is 0 Å². The molecule has 1 atom stereocenters. The molecule has 0 bridgehead atoms. The van der Waals surface area contributed by atoms with Crippen molar-refractivity contribution in [1.29, 1.82) is 0 Å². The molecule has 0 nitrogen and oxygen atoms in total. The van der Waals surface area contributed by atoms with Crippen molar-refractivity contribution in [3.8, 4) is 0 Å². The maximum Gasteiger partial charge on any atom is 0.0852 e. The van der Waals surface area contributed by atoms with Gasteiger partial charge in [-0.05, 0) is 60.4 Å². The van der Waals surface area contributed by atoms with Crippen molar-refractivity contribution in [1.82, 2.24) is 0 Å². The van der Waals surface area contributed by atoms with E-state index < -0.39 is 0 Å². The van der Waals surface area contributed by atoms with Crippen molar-refractivity contribution in [2.45, 2.75) is 19.2 Å². The van der Waals surface area contributed by atoms with Crippen LogP contribution in [0.5, 0.6) is 0 Å². The summed E-state index contributed by atoms with van der Waals surface area (Å²) in [6.45, 7) is 3.93. The quantitative estimate of drug-likeness (QED) is 0.543. The normalized spacial score (nSPS) is 12.5. The first kappa shape index (κ1) is 15.0. The Bertz CT molecular complexity index is 620. The van der Waals surface area contributed by atoms with Gasteiger partial charge in [0.05, 0.1) is 5.38 Å². The summed E-state index contributed by atoms with van der Waals surface area (Å²) < 4.78 is 0. The standard InChI is InChI=1S/C15H12Cl4/c1-8-6-14(18)9(2)5-11(8)15(19)12-7-10(16)3-4-13(12)17/h3-7,15H,1-2H3. The van der Waals surface area contributed by atoms with Crippen molar-refractivity contribution in [3.63, 3.8) is 0 Å². The van der Waals surface area contributed by atoms with E-state index in [1.54, 1.807) is 18.2 Å². The van der Waals surface area contributed by atoms with E-state index in [0.717, 1.165) is 27.3 Å². The van der Waals surface area contributed by atoms with Crippen molar-refractivity contribution >= 4 is 46.4 Å². The Morgan fingerprint density at radius 2 is 1.47 bits per heavy atom. The smallest absolute Gasteiger partial charge is 0.0852 e. The third kappa shape index (κ3) is 3.20. The van der Waals surface area contributed by atoms with Crippen LogP contribution in [0.1, 0.15) is 27.6 Å². The van der Waals surface area contributed by atoms with Gasteiger partial charge in [0.25, 0.3) is 0 Å². The summed E-state index contributed by atoms with van der Waals surface area (Å²) >= 11 is 24.9. The summed E-state index contributed by atoms with van der Waals surface area (Å²) in [5, 5.41) is 1.62. The minimum Gasteiger partial charge on any atom is -0.113 e. The highest BCUT2D eigenvalue weighted by Gasteiger charge is 2.17. The second kappa shape index (κ2) is 5.93. The average Bonchev–Trinajstić information content (AvgIpc) is 2.36. The van der Waals surface area contributed by atoms with Gasteiger partial charge >= 0.3 is 0 Å². The third-order valence-corrected chi connectivity index (χ3v) is 4.51. The lowest BCUT2D eigenvalue weighted by atomic mass is 9.98. The average molecular weight is 334 g/mol. The molecule has 1 unspecified atom stereocenters. The SMILES string of the molecule is Cc1cc(C(Cl)c2cc(Cl)ccc2Cl)c(C)cc1Cl. The summed E-state index contributed by atoms with van der Waals surface area (Å²) in [7, 11) is 0. The number of halogens is 4. The Kier molecular flexibility index (Phi) is 4.68. The third-order valence-electron chi connectivity index (χ3n) is 3.05. The molecular formula is C15H12Cl4. The van der Waals surface area contributed by atoms with Gasteiger partial charge in [-0.1, -0.05) is 40.9 Å². The van der Waals surface area contributed by atoms with Gasteiger partial charge in [-0.25, -0.2) is 0 Å². The van der Waals surface area contributed by atoms with Crippen LogP contribution in [0.2, 0.25) is 15.1 Å². The van der Waals surface area contributed by atoms with E-state index in [2.05, 4.69) is 0 Å². The maximum absolute atomic E-state index is 6.55. The van der Waals surface area contributed by atoms with Crippen LogP contribution < -0.4 is 0 Å². The lowest BCUT2D eigenvalue weighted by Gasteiger charge is -2.16. The van der Waals surface area contributed by atoms with Crippen LogP contribution >= 0.6 is 46.4 Å². The Morgan fingerprint density at radius 1 is 0.789 bits per heavy atom. The number of hydrogen-bond acceptors (Lipinski definition) is 0. The van der Waals surface area contributed by atoms with Crippen LogP contribution in [0.15, 0.2) is 30.3 Å². The summed E-state index contributed by atoms with van der Waals surface area (Å²) in [5.74, 6) is 0. The summed E-state index contributed by atoms with van der Waals surface area (Å²) in [4.78, 5) is 0. The Balaban J connectivity index is 2.52. The molecular weight excluding hydrogens is 322 g/mol. The van der Waals surface area contributed by atoms with Crippen LogP contribution in [0.3, 0.4) is 0 Å². The van der Waals surface area contributed by atoms with E-state index in [0.29, 0.717) is 10.0 Å². The van der Waals surface area contributed by atoms with E-state index in [1.165, 1.54) is 0 Å². The second-order valence-electron chi connectivity index (χ2n) is 4.49. The maximum atomic E-state index is 6.55. The molecule has 0 aromatic heterocycles. The van der Waals surface area contributed by atoms with Crippen LogP contribution in [-0.2, 0) is 0 Å². The summed E-state index contributed by atoms with van der Waals surface area (Å²) in [6.07, 6.45) is 0. The highest BCUT2D eigenvalue weighted by Crippen LogP contribution is 2.38. The zero-order valence-electron chi connectivity index (χ0n) is 10.5. The molecule has 2 aromatic rings. The molecule has 0 aliphatic carbocycles. The number of hydrogen-bond donors (Lipinski definition) is 0. The largest absolute Gasteiger partial charge is 0.113 e. The van der Waals surface area contributed by atoms with Gasteiger partial charge in [0.2, 0.25) is 0 Å². The van der Waals surface area contributed by atoms with Crippen LogP contribution in [0.25, 0.3) is 0 Å². The van der Waals surface area contributed by atoms with Crippen molar-refractivity contribution in [3.05, 3.63) is 67.7 Å². The Labute approximate surface area is 133 Å². The zero-order chi connectivity index (χ0) is 14.2. The summed E-state index contributed by atoms with van der Waals surface area (Å²) in [6, 6.07) is 9.21. The molecule has 0 fully saturated rings. The van der Waals surface area contributed by atoms with Crippen molar-refractivity contribution < 1.29 is 0 Å². The predicted octanol–water partition coefficient (Wildman–Crippen LogP) is 6.59. The number of alkyl halides is 1. The molecule has 0 amide bonds. The van der Waals surface area contributed by atoms with Crippen LogP contribution in [0.4, 0.5) is 0 Å². The number of aryl methyl sites for hydroxylation is 2. The fourth-order valence-electron chi connectivity index (χ4n) is 1.95. The van der Waals surface area contributed by atoms with Gasteiger partial charge in [0.15, 0.2) is 0 Å². The van der Waals surface area contributed by atoms with Gasteiger partial charge in [0.1, 0.15) is 0 Å². The molecule has 0 aliphatic rings. The van der Waals surface area contributed by atoms with Crippen molar-refractivity contribution in [2.75, 3.05) is 0 Å². The molecule has 0 heterocycles. The molecule has 0 spiro atoms. The first-order chi connectivity index (χ1) is 8.90. The molecule has 2 rings (SSSR count). The molecule has 0 N–H and O–H groups in total. The van der Waals surface area contributed by atoms with Gasteiger partial charge < -0.3 is 0 Å². The second-order valence-corrected chi connectivity index (χ2v) is 6.17. The first-order valence-corrected chi connectivity index (χ1v) is 7.33. The van der Waals surface area contributed by atoms with Crippen LogP contribution in [0, 0.1) is 13.8 Å². The Morgan fingerprint density at radius 3 is 2.16 bits per heavy atom. The molecule has 100 valence electrons. The molecule has 0 saturated heterocycles. The molecule has 0 saturated carbocycles. The van der Waals surface area contributed by atoms with Gasteiger partial charge in [-0.15, -0.1) is 11.6 Å². The van der Waals surface area contributed by atoms with E-state index in [4.69, 9.17) is 46.4 Å². The van der Waals surface area contributed by atoms with E-state index >= 15 is 0 Å². The van der Waals surface area contributed by atoms with E-state index in [1.807, 2.05) is 26.0 Å². The van der Waals surface area contributed by atoms with Gasteiger partial charge in [-0.2, -0.15) is 0 Å². The van der Waals surface area contributed by atoms with Gasteiger partial charge in [0, 0.05) is 15.1 Å². The highest BCUT2D eigenvalue weighted by molar-refractivity contribution is 6.35. The summed E-state index contributed by atoms with van der Waals surface area (Å²) in [5.41, 5.74) is 3.83. The molecule has 4 heteroatoms. The monoisotopic (exact) mass is 332 g/mol. The van der Waals surface area contributed by atoms with E-state index in [-0.39, 0.29) is 5.38 Å². The molecule has 0 radical (unpaired) electrons. The molecule has 2 aromatic carbocycles. The van der Waals surface area contributed by atoms with Crippen molar-refractivity contribution in [2.24, 2.45) is 0 Å². The molecule has 19 heavy (non-hydrogen) atoms. The van der Waals surface area contributed by atoms with Crippen LogP contribution in [-0.4, -0.2) is 0 Å². The zero-order valence-corrected chi connectivity index (χ0v) is 13.5. The topological polar surface area (TPSA) is 0 Å². The lowest BCUT2D eigenvalue weighted by molar-refractivity contribution is 1.10. The minimum atomic E-state index is -0.345. The highest BCUT2D eigenvalue weighted by atomic mass is 35.5. The number of benzene rings is 2. The number of rotatable bonds is 2. The lowest BCUT2D eigenvalue weighted by Crippen LogP contribution is -1.98. The minimum absolute atomic E-state index is 0.345. The fraction of sp³-hybridized carbons (Fsp3) is 0.200. The fourth-order valence-corrected chi connectivity index (χ4v) is 3.05. The Hall–Kier alpha value is -0.400.